The van der Waals surface area contributed by atoms with Crippen molar-refractivity contribution in [3.05, 3.63) is 83.9 Å². The van der Waals surface area contributed by atoms with Crippen LogP contribution in [0.1, 0.15) is 132 Å². The Balaban J connectivity index is 1.37. The van der Waals surface area contributed by atoms with Crippen molar-refractivity contribution in [3.8, 4) is 11.5 Å². The predicted octanol–water partition coefficient (Wildman–Crippen LogP) is 10.8. The highest BCUT2D eigenvalue weighted by Gasteiger charge is 2.26. The molecule has 292 valence electrons. The molecule has 0 spiro atoms. The van der Waals surface area contributed by atoms with E-state index in [1.54, 1.807) is 24.3 Å². The molecule has 0 saturated heterocycles. The third-order valence-electron chi connectivity index (χ3n) is 8.52. The first-order valence-corrected chi connectivity index (χ1v) is 19.3. The van der Waals surface area contributed by atoms with E-state index in [2.05, 4.69) is 24.1 Å². The zero-order chi connectivity index (χ0) is 39.0. The van der Waals surface area contributed by atoms with Crippen LogP contribution in [0.4, 0.5) is 11.4 Å². The lowest BCUT2D eigenvalue weighted by Gasteiger charge is -2.16. The number of unbranched alkanes of at least 4 members (excludes halogenated alkanes) is 11. The van der Waals surface area contributed by atoms with Gasteiger partial charge in [0.2, 0.25) is 0 Å². The fourth-order valence-electron chi connectivity index (χ4n) is 5.23. The first kappa shape index (κ1) is 43.3. The summed E-state index contributed by atoms with van der Waals surface area (Å²) in [5, 5.41) is 8.53. The van der Waals surface area contributed by atoms with Crippen molar-refractivity contribution in [3.63, 3.8) is 0 Å². The molecule has 0 aromatic heterocycles. The average molecular weight is 745 g/mol. The van der Waals surface area contributed by atoms with E-state index in [1.807, 2.05) is 24.3 Å². The van der Waals surface area contributed by atoms with Gasteiger partial charge in [0.25, 0.3) is 0 Å². The molecule has 54 heavy (non-hydrogen) atoms. The molecule has 0 bridgehead atoms. The zero-order valence-electron chi connectivity index (χ0n) is 32.3. The Morgan fingerprint density at radius 3 is 1.54 bits per heavy atom. The lowest BCUT2D eigenvalue weighted by atomic mass is 10.1. The van der Waals surface area contributed by atoms with Gasteiger partial charge in [-0.1, -0.05) is 84.5 Å². The van der Waals surface area contributed by atoms with Crippen LogP contribution >= 0.6 is 0 Å². The molecule has 0 aliphatic rings. The van der Waals surface area contributed by atoms with E-state index in [0.29, 0.717) is 23.5 Å². The Hall–Kier alpha value is -5.06. The summed E-state index contributed by atoms with van der Waals surface area (Å²) in [6.45, 7) is 8.02. The monoisotopic (exact) mass is 744 g/mol. The van der Waals surface area contributed by atoms with Gasteiger partial charge in [-0.3, -0.25) is 0 Å². The molecule has 3 rings (SSSR count). The first-order chi connectivity index (χ1) is 26.2. The van der Waals surface area contributed by atoms with Gasteiger partial charge in [-0.15, -0.1) is 0 Å². The van der Waals surface area contributed by atoms with Crippen LogP contribution in [0.2, 0.25) is 0 Å². The maximum atomic E-state index is 12.7. The molecule has 0 aliphatic heterocycles. The number of benzene rings is 3. The molecule has 3 aromatic carbocycles. The van der Waals surface area contributed by atoms with Gasteiger partial charge in [0, 0.05) is 0 Å². The van der Waals surface area contributed by atoms with E-state index in [1.165, 1.54) is 89.5 Å². The van der Waals surface area contributed by atoms with E-state index in [0.717, 1.165) is 37.9 Å². The predicted molar refractivity (Wildman–Crippen MR) is 207 cm³/mol. The van der Waals surface area contributed by atoms with Crippen molar-refractivity contribution < 1.29 is 42.9 Å². The highest BCUT2D eigenvalue weighted by atomic mass is 16.6. The van der Waals surface area contributed by atoms with Gasteiger partial charge in [-0.2, -0.15) is 10.2 Å². The minimum atomic E-state index is -1.27. The first-order valence-electron chi connectivity index (χ1n) is 19.3. The van der Waals surface area contributed by atoms with Crippen molar-refractivity contribution in [1.29, 1.82) is 0 Å². The van der Waals surface area contributed by atoms with Crippen LogP contribution in [0, 0.1) is 0 Å². The fraction of sp³-hybridized carbons (Fsp3) is 0.488. The number of carbonyl (C=O) groups excluding carboxylic acids is 4. The number of nitrogens with zero attached hydrogens (tertiary/aromatic N) is 2. The van der Waals surface area contributed by atoms with Crippen molar-refractivity contribution in [1.82, 2.24) is 0 Å². The van der Waals surface area contributed by atoms with Gasteiger partial charge in [0.1, 0.15) is 11.5 Å². The smallest absolute Gasteiger partial charge is 0.348 e. The highest BCUT2D eigenvalue weighted by molar-refractivity contribution is 5.93. The Labute approximate surface area is 319 Å². The topological polar surface area (TPSA) is 139 Å². The summed E-state index contributed by atoms with van der Waals surface area (Å²) in [6.07, 6.45) is 12.9. The van der Waals surface area contributed by atoms with Crippen molar-refractivity contribution in [2.45, 2.75) is 123 Å². The minimum Gasteiger partial charge on any atom is -0.494 e. The lowest BCUT2D eigenvalue weighted by molar-refractivity contribution is -0.171. The molecule has 3 aromatic rings. The Bertz CT molecular complexity index is 1590. The molecule has 0 saturated carbocycles. The minimum absolute atomic E-state index is 0.125. The number of azo groups is 1. The van der Waals surface area contributed by atoms with Crippen LogP contribution in [0.5, 0.6) is 11.5 Å². The van der Waals surface area contributed by atoms with Crippen molar-refractivity contribution in [2.75, 3.05) is 13.2 Å². The van der Waals surface area contributed by atoms with E-state index in [9.17, 15) is 19.2 Å². The molecule has 0 amide bonds. The molecule has 0 unspecified atom stereocenters. The van der Waals surface area contributed by atoms with Gasteiger partial charge in [-0.05, 0) is 99.5 Å². The second-order valence-electron chi connectivity index (χ2n) is 13.2. The molecule has 2 atom stereocenters. The molecule has 0 radical (unpaired) electrons. The van der Waals surface area contributed by atoms with Crippen molar-refractivity contribution >= 4 is 35.3 Å². The number of hydrogen-bond acceptors (Lipinski definition) is 11. The van der Waals surface area contributed by atoms with Crippen molar-refractivity contribution in [2.24, 2.45) is 10.2 Å². The lowest BCUT2D eigenvalue weighted by Crippen LogP contribution is -2.33. The molecule has 0 N–H and O–H groups in total. The number of hydrogen-bond donors (Lipinski definition) is 0. The third kappa shape index (κ3) is 16.7. The van der Waals surface area contributed by atoms with Gasteiger partial charge in [0.15, 0.2) is 12.2 Å². The fourth-order valence-corrected chi connectivity index (χ4v) is 5.23. The number of ether oxygens (including phenoxy) is 5. The Morgan fingerprint density at radius 1 is 0.500 bits per heavy atom. The summed E-state index contributed by atoms with van der Waals surface area (Å²) in [5.74, 6) is -1.92. The molecular weight excluding hydrogens is 688 g/mol. The van der Waals surface area contributed by atoms with Gasteiger partial charge in [-0.25, -0.2) is 19.2 Å². The van der Waals surface area contributed by atoms with Crippen LogP contribution in [-0.2, 0) is 23.8 Å². The highest BCUT2D eigenvalue weighted by Crippen LogP contribution is 2.23. The quantitative estimate of drug-likeness (QED) is 0.0272. The Kier molecular flexibility index (Phi) is 20.1. The van der Waals surface area contributed by atoms with Gasteiger partial charge in [0.05, 0.1) is 35.7 Å². The van der Waals surface area contributed by atoms with Crippen LogP contribution in [0.25, 0.3) is 0 Å². The Morgan fingerprint density at radius 2 is 0.944 bits per heavy atom. The number of carbonyl (C=O) groups is 4. The van der Waals surface area contributed by atoms with E-state index in [4.69, 9.17) is 23.7 Å². The maximum absolute atomic E-state index is 12.7. The van der Waals surface area contributed by atoms with Gasteiger partial charge >= 0.3 is 23.9 Å². The van der Waals surface area contributed by atoms with E-state index < -0.39 is 36.1 Å². The van der Waals surface area contributed by atoms with Crippen LogP contribution in [0.3, 0.4) is 0 Å². The SMILES string of the molecule is CCCCCCCCCCCOc1ccc(N=Nc2ccc(C(=O)Oc3ccc(C(=O)O[C@@H](C)C(=O)O[C@@H](C)C(=O)OCCCCCC)cc3)cc2)cc1. The number of esters is 4. The average Bonchev–Trinajstić information content (AvgIpc) is 3.18. The zero-order valence-corrected chi connectivity index (χ0v) is 32.3. The summed E-state index contributed by atoms with van der Waals surface area (Å²) in [4.78, 5) is 49.8. The second kappa shape index (κ2) is 25.0. The molecular formula is C43H56N2O9. The van der Waals surface area contributed by atoms with Crippen LogP contribution in [0.15, 0.2) is 83.0 Å². The van der Waals surface area contributed by atoms with Gasteiger partial charge < -0.3 is 23.7 Å². The molecule has 11 heteroatoms. The molecule has 0 aliphatic carbocycles. The molecule has 0 fully saturated rings. The van der Waals surface area contributed by atoms with Crippen LogP contribution in [-0.4, -0.2) is 49.3 Å². The third-order valence-corrected chi connectivity index (χ3v) is 8.52. The summed E-state index contributed by atoms with van der Waals surface area (Å²) in [7, 11) is 0. The maximum Gasteiger partial charge on any atom is 0.348 e. The summed E-state index contributed by atoms with van der Waals surface area (Å²) in [6, 6.07) is 19.6. The largest absolute Gasteiger partial charge is 0.494 e. The summed E-state index contributed by atoms with van der Waals surface area (Å²) < 4.78 is 26.8. The summed E-state index contributed by atoms with van der Waals surface area (Å²) >= 11 is 0. The number of rotatable bonds is 25. The molecule has 11 nitrogen and oxygen atoms in total. The molecule has 0 heterocycles. The van der Waals surface area contributed by atoms with E-state index >= 15 is 0 Å². The van der Waals surface area contributed by atoms with E-state index in [-0.39, 0.29) is 17.9 Å². The van der Waals surface area contributed by atoms with Crippen LogP contribution < -0.4 is 9.47 Å². The normalized spacial score (nSPS) is 12.1. The standard InChI is InChI=1S/C43H56N2O9/c1-5-7-9-11-12-13-14-15-17-30-50-38-28-24-37(25-29-38)45-44-36-22-18-34(19-23-36)43(49)54-39-26-20-35(21-27-39)42(48)53-33(4)41(47)52-32(3)40(46)51-31-16-10-8-6-2/h18-29,32-33H,5-17,30-31H2,1-4H3/t32-,33-/m0/s1. The second-order valence-corrected chi connectivity index (χ2v) is 13.2. The summed E-state index contributed by atoms with van der Waals surface area (Å²) in [5.41, 5.74) is 1.66.